The number of aromatic nitrogens is 2. The van der Waals surface area contributed by atoms with Gasteiger partial charge in [0.15, 0.2) is 0 Å². The molecule has 2 unspecified atom stereocenters. The number of rotatable bonds is 5. The van der Waals surface area contributed by atoms with Crippen LogP contribution in [0.4, 0.5) is 11.5 Å². The van der Waals surface area contributed by atoms with Crippen molar-refractivity contribution in [1.29, 1.82) is 5.26 Å². The largest absolute Gasteiger partial charge is 0.474 e. The predicted molar refractivity (Wildman–Crippen MR) is 118 cm³/mol. The van der Waals surface area contributed by atoms with Crippen molar-refractivity contribution in [3.05, 3.63) is 40.7 Å². The van der Waals surface area contributed by atoms with Crippen LogP contribution in [0, 0.1) is 24.2 Å². The van der Waals surface area contributed by atoms with Gasteiger partial charge in [-0.3, -0.25) is 4.79 Å². The topological polar surface area (TPSA) is 91.1 Å². The van der Waals surface area contributed by atoms with Gasteiger partial charge in [0.05, 0.1) is 27.9 Å². The van der Waals surface area contributed by atoms with Crippen LogP contribution in [-0.2, 0) is 4.79 Å². The molecule has 3 heterocycles. The van der Waals surface area contributed by atoms with Crippen LogP contribution in [0.15, 0.2) is 24.5 Å². The standard InChI is InChI=1S/C23H26ClN5O2/c1-13(2)23(30)29-16-5-6-17(29)10-18(9-16)31-22-14(3)21(26-12-27-22)28-20-7-4-15(11-25)8-19(20)24/h4,7-8,12-13,16-18H,5-6,9-10H2,1-3H3,(H,26,27,28). The lowest BCUT2D eigenvalue weighted by Gasteiger charge is -2.39. The molecule has 162 valence electrons. The summed E-state index contributed by atoms with van der Waals surface area (Å²) in [6, 6.07) is 7.62. The van der Waals surface area contributed by atoms with Gasteiger partial charge >= 0.3 is 0 Å². The Hall–Kier alpha value is -2.85. The van der Waals surface area contributed by atoms with Crippen molar-refractivity contribution in [2.75, 3.05) is 5.32 Å². The van der Waals surface area contributed by atoms with Gasteiger partial charge in [0.25, 0.3) is 0 Å². The maximum atomic E-state index is 12.6. The van der Waals surface area contributed by atoms with E-state index in [9.17, 15) is 4.79 Å². The van der Waals surface area contributed by atoms with Gasteiger partial charge in [-0.25, -0.2) is 9.97 Å². The number of carbonyl (C=O) groups is 1. The minimum absolute atomic E-state index is 0.0207. The molecule has 2 saturated heterocycles. The van der Waals surface area contributed by atoms with Gasteiger partial charge in [-0.2, -0.15) is 5.26 Å². The van der Waals surface area contributed by atoms with Crippen LogP contribution in [0.1, 0.15) is 50.7 Å². The highest BCUT2D eigenvalue weighted by molar-refractivity contribution is 6.33. The highest BCUT2D eigenvalue weighted by Crippen LogP contribution is 2.39. The Bertz CT molecular complexity index is 1020. The summed E-state index contributed by atoms with van der Waals surface area (Å²) in [5.74, 6) is 1.41. The van der Waals surface area contributed by atoms with E-state index in [-0.39, 0.29) is 30.0 Å². The summed E-state index contributed by atoms with van der Waals surface area (Å²) in [6.45, 7) is 5.83. The van der Waals surface area contributed by atoms with E-state index in [1.165, 1.54) is 6.33 Å². The maximum Gasteiger partial charge on any atom is 0.225 e. The molecule has 2 atom stereocenters. The molecule has 2 fully saturated rings. The van der Waals surface area contributed by atoms with Gasteiger partial charge < -0.3 is 15.0 Å². The third-order valence-corrected chi connectivity index (χ3v) is 6.42. The summed E-state index contributed by atoms with van der Waals surface area (Å²) in [4.78, 5) is 23.4. The molecule has 2 aliphatic rings. The molecular formula is C23H26ClN5O2. The molecule has 2 bridgehead atoms. The molecule has 0 aliphatic carbocycles. The fourth-order valence-electron chi connectivity index (χ4n) is 4.53. The van der Waals surface area contributed by atoms with Crippen molar-refractivity contribution in [2.24, 2.45) is 5.92 Å². The summed E-state index contributed by atoms with van der Waals surface area (Å²) < 4.78 is 6.30. The first-order chi connectivity index (χ1) is 14.9. The second-order valence-corrected chi connectivity index (χ2v) is 8.99. The van der Waals surface area contributed by atoms with Crippen molar-refractivity contribution in [3.63, 3.8) is 0 Å². The fourth-order valence-corrected chi connectivity index (χ4v) is 4.76. The van der Waals surface area contributed by atoms with E-state index < -0.39 is 0 Å². The van der Waals surface area contributed by atoms with E-state index >= 15 is 0 Å². The van der Waals surface area contributed by atoms with E-state index in [4.69, 9.17) is 21.6 Å². The smallest absolute Gasteiger partial charge is 0.225 e. The van der Waals surface area contributed by atoms with Crippen molar-refractivity contribution in [3.8, 4) is 11.9 Å². The Labute approximate surface area is 187 Å². The number of hydrogen-bond donors (Lipinski definition) is 1. The highest BCUT2D eigenvalue weighted by atomic mass is 35.5. The predicted octanol–water partition coefficient (Wildman–Crippen LogP) is 4.61. The number of benzene rings is 1. The summed E-state index contributed by atoms with van der Waals surface area (Å²) >= 11 is 6.29. The Morgan fingerprint density at radius 2 is 2.00 bits per heavy atom. The Morgan fingerprint density at radius 1 is 1.29 bits per heavy atom. The molecule has 0 radical (unpaired) electrons. The van der Waals surface area contributed by atoms with Crippen LogP contribution in [0.5, 0.6) is 5.88 Å². The molecule has 2 aliphatic heterocycles. The molecule has 1 aromatic heterocycles. The fraction of sp³-hybridized carbons (Fsp3) is 0.478. The molecule has 7 nitrogen and oxygen atoms in total. The molecule has 4 rings (SSSR count). The number of halogens is 1. The zero-order valence-corrected chi connectivity index (χ0v) is 18.7. The molecule has 2 aromatic rings. The van der Waals surface area contributed by atoms with Gasteiger partial charge in [-0.1, -0.05) is 25.4 Å². The van der Waals surface area contributed by atoms with Crippen molar-refractivity contribution >= 4 is 29.0 Å². The molecule has 1 amide bonds. The van der Waals surface area contributed by atoms with Crippen molar-refractivity contribution in [1.82, 2.24) is 14.9 Å². The second kappa shape index (κ2) is 8.72. The number of nitrogens with one attached hydrogen (secondary N) is 1. The van der Waals surface area contributed by atoms with Crippen LogP contribution >= 0.6 is 11.6 Å². The third kappa shape index (κ3) is 4.31. The van der Waals surface area contributed by atoms with Crippen LogP contribution in [-0.4, -0.2) is 39.0 Å². The van der Waals surface area contributed by atoms with Crippen molar-refractivity contribution in [2.45, 2.75) is 64.6 Å². The number of nitrogens with zero attached hydrogens (tertiary/aromatic N) is 4. The SMILES string of the molecule is Cc1c(Nc2ccc(C#N)cc2Cl)ncnc1OC1CC2CCC(C1)N2C(=O)C(C)C. The van der Waals surface area contributed by atoms with E-state index in [0.29, 0.717) is 28.0 Å². The number of hydrogen-bond acceptors (Lipinski definition) is 6. The lowest BCUT2D eigenvalue weighted by molar-refractivity contribution is -0.140. The maximum absolute atomic E-state index is 12.6. The van der Waals surface area contributed by atoms with Gasteiger partial charge in [-0.05, 0) is 38.0 Å². The number of fused-ring (bicyclic) bond motifs is 2. The Kier molecular flexibility index (Phi) is 6.01. The number of anilines is 2. The highest BCUT2D eigenvalue weighted by Gasteiger charge is 2.44. The van der Waals surface area contributed by atoms with E-state index in [1.807, 2.05) is 20.8 Å². The number of amides is 1. The number of carbonyl (C=O) groups excluding carboxylic acids is 1. The second-order valence-electron chi connectivity index (χ2n) is 8.58. The molecule has 1 N–H and O–H groups in total. The van der Waals surface area contributed by atoms with Crippen LogP contribution in [0.3, 0.4) is 0 Å². The quantitative estimate of drug-likeness (QED) is 0.731. The Morgan fingerprint density at radius 3 is 2.61 bits per heavy atom. The first-order valence-electron chi connectivity index (χ1n) is 10.6. The third-order valence-electron chi connectivity index (χ3n) is 6.11. The van der Waals surface area contributed by atoms with Gasteiger partial charge in [0.1, 0.15) is 18.2 Å². The Balaban J connectivity index is 1.47. The zero-order valence-electron chi connectivity index (χ0n) is 17.9. The van der Waals surface area contributed by atoms with Crippen LogP contribution in [0.25, 0.3) is 0 Å². The van der Waals surface area contributed by atoms with Gasteiger partial charge in [0.2, 0.25) is 11.8 Å². The monoisotopic (exact) mass is 439 g/mol. The lowest BCUT2D eigenvalue weighted by Crippen LogP contribution is -2.50. The van der Waals surface area contributed by atoms with Crippen LogP contribution in [0.2, 0.25) is 5.02 Å². The van der Waals surface area contributed by atoms with E-state index in [1.54, 1.807) is 18.2 Å². The van der Waals surface area contributed by atoms with Gasteiger partial charge in [-0.15, -0.1) is 0 Å². The number of nitriles is 1. The molecular weight excluding hydrogens is 414 g/mol. The van der Waals surface area contributed by atoms with E-state index in [0.717, 1.165) is 31.2 Å². The first kappa shape index (κ1) is 21.4. The van der Waals surface area contributed by atoms with Crippen molar-refractivity contribution < 1.29 is 9.53 Å². The minimum atomic E-state index is 0.0207. The summed E-state index contributed by atoms with van der Waals surface area (Å²) in [5, 5.41) is 12.7. The first-order valence-corrected chi connectivity index (χ1v) is 11.0. The normalized spacial score (nSPS) is 22.3. The molecule has 1 aromatic carbocycles. The number of piperidine rings is 1. The molecule has 31 heavy (non-hydrogen) atoms. The molecule has 0 saturated carbocycles. The van der Waals surface area contributed by atoms with Gasteiger partial charge in [0, 0.05) is 30.8 Å². The summed E-state index contributed by atoms with van der Waals surface area (Å²) in [6.07, 6.45) is 5.21. The molecule has 0 spiro atoms. The average molecular weight is 440 g/mol. The average Bonchev–Trinajstić information content (AvgIpc) is 3.01. The summed E-state index contributed by atoms with van der Waals surface area (Å²) in [7, 11) is 0. The summed E-state index contributed by atoms with van der Waals surface area (Å²) in [5.41, 5.74) is 1.94. The molecule has 8 heteroatoms. The minimum Gasteiger partial charge on any atom is -0.474 e. The van der Waals surface area contributed by atoms with Crippen LogP contribution < -0.4 is 10.1 Å². The lowest BCUT2D eigenvalue weighted by atomic mass is 9.98. The zero-order chi connectivity index (χ0) is 22.1. The number of ether oxygens (including phenoxy) is 1. The van der Waals surface area contributed by atoms with E-state index in [2.05, 4.69) is 26.3 Å².